The van der Waals surface area contributed by atoms with Gasteiger partial charge in [0.15, 0.2) is 0 Å². The summed E-state index contributed by atoms with van der Waals surface area (Å²) < 4.78 is 32.1. The molecule has 0 aliphatic rings. The molecule has 0 bridgehead atoms. The number of benzene rings is 2. The quantitative estimate of drug-likeness (QED) is 0.724. The van der Waals surface area contributed by atoms with Crippen molar-refractivity contribution >= 4 is 27.3 Å². The molecule has 1 N–H and O–H groups in total. The predicted molar refractivity (Wildman–Crippen MR) is 114 cm³/mol. The van der Waals surface area contributed by atoms with Gasteiger partial charge in [-0.2, -0.15) is 0 Å². The van der Waals surface area contributed by atoms with Crippen LogP contribution in [0.5, 0.6) is 5.75 Å². The fourth-order valence-electron chi connectivity index (χ4n) is 3.06. The second-order valence-corrected chi connectivity index (χ2v) is 8.55. The molecule has 2 aromatic carbocycles. The van der Waals surface area contributed by atoms with E-state index in [1.165, 1.54) is 4.31 Å². The Labute approximate surface area is 167 Å². The largest absolute Gasteiger partial charge is 0.492 e. The Hall–Kier alpha value is -2.54. The number of carbonyl (C=O) groups excluding carboxylic acids is 1. The molecule has 7 heteroatoms. The van der Waals surface area contributed by atoms with Gasteiger partial charge in [-0.15, -0.1) is 0 Å². The van der Waals surface area contributed by atoms with Crippen LogP contribution in [-0.2, 0) is 14.8 Å². The Kier molecular flexibility index (Phi) is 7.07. The number of sulfonamides is 1. The molecule has 1 amide bonds. The normalized spacial score (nSPS) is 12.3. The van der Waals surface area contributed by atoms with E-state index < -0.39 is 22.0 Å². The Morgan fingerprint density at radius 1 is 1.14 bits per heavy atom. The number of nitrogens with one attached hydrogen (secondary N) is 1. The van der Waals surface area contributed by atoms with E-state index in [1.54, 1.807) is 31.2 Å². The molecule has 0 fully saturated rings. The van der Waals surface area contributed by atoms with Crippen LogP contribution in [0.4, 0.5) is 11.4 Å². The summed E-state index contributed by atoms with van der Waals surface area (Å²) in [5.41, 5.74) is 2.74. The number of carbonyl (C=O) groups is 1. The Bertz CT molecular complexity index is 941. The molecule has 1 unspecified atom stereocenters. The van der Waals surface area contributed by atoms with Gasteiger partial charge in [-0.25, -0.2) is 8.42 Å². The molecule has 1 atom stereocenters. The van der Waals surface area contributed by atoms with E-state index >= 15 is 0 Å². The summed E-state index contributed by atoms with van der Waals surface area (Å²) >= 11 is 0. The maximum absolute atomic E-state index is 13.1. The van der Waals surface area contributed by atoms with E-state index in [1.807, 2.05) is 39.0 Å². The van der Waals surface area contributed by atoms with Crippen LogP contribution in [0.3, 0.4) is 0 Å². The smallest absolute Gasteiger partial charge is 0.248 e. The minimum atomic E-state index is -3.68. The highest BCUT2D eigenvalue weighted by molar-refractivity contribution is 7.92. The Balaban J connectivity index is 2.44. The predicted octanol–water partition coefficient (Wildman–Crippen LogP) is 3.89. The minimum Gasteiger partial charge on any atom is -0.492 e. The lowest BCUT2D eigenvalue weighted by molar-refractivity contribution is -0.117. The second kappa shape index (κ2) is 9.10. The summed E-state index contributed by atoms with van der Waals surface area (Å²) in [5.74, 6) is 0.145. The van der Waals surface area contributed by atoms with Gasteiger partial charge >= 0.3 is 0 Å². The number of nitrogens with zero attached hydrogens (tertiary/aromatic N) is 1. The highest BCUT2D eigenvalue weighted by Gasteiger charge is 2.32. The molecular weight excluding hydrogens is 376 g/mol. The lowest BCUT2D eigenvalue weighted by Crippen LogP contribution is -2.47. The molecule has 6 nitrogen and oxygen atoms in total. The molecule has 0 radical (unpaired) electrons. The van der Waals surface area contributed by atoms with Gasteiger partial charge in [-0.3, -0.25) is 9.10 Å². The SMILES string of the molecule is CCOc1ccccc1NC(=O)C(CC)N(c1cc(C)ccc1C)S(C)(=O)=O. The standard InChI is InChI=1S/C21H28N2O4S/c1-6-18(21(24)22-17-10-8-9-11-20(17)27-7-2)23(28(5,25)26)19-14-15(3)12-13-16(19)4/h8-14,18H,6-7H2,1-5H3,(H,22,24). The van der Waals surface area contributed by atoms with Crippen molar-refractivity contribution in [3.8, 4) is 5.75 Å². The molecule has 152 valence electrons. The maximum Gasteiger partial charge on any atom is 0.248 e. The van der Waals surface area contributed by atoms with Gasteiger partial charge in [0.1, 0.15) is 11.8 Å². The minimum absolute atomic E-state index is 0.323. The van der Waals surface area contributed by atoms with Crippen LogP contribution >= 0.6 is 0 Å². The zero-order chi connectivity index (χ0) is 20.9. The van der Waals surface area contributed by atoms with E-state index in [2.05, 4.69) is 5.32 Å². The van der Waals surface area contributed by atoms with E-state index in [-0.39, 0.29) is 0 Å². The lowest BCUT2D eigenvalue weighted by atomic mass is 10.1. The summed E-state index contributed by atoms with van der Waals surface area (Å²) in [7, 11) is -3.68. The monoisotopic (exact) mass is 404 g/mol. The number of aryl methyl sites for hydroxylation is 2. The first-order valence-corrected chi connectivity index (χ1v) is 11.1. The first-order valence-electron chi connectivity index (χ1n) is 9.28. The fraction of sp³-hybridized carbons (Fsp3) is 0.381. The zero-order valence-electron chi connectivity index (χ0n) is 17.0. The summed E-state index contributed by atoms with van der Waals surface area (Å²) in [6.07, 6.45) is 1.45. The molecule has 0 aliphatic carbocycles. The van der Waals surface area contributed by atoms with Crippen molar-refractivity contribution in [3.63, 3.8) is 0 Å². The van der Waals surface area contributed by atoms with Gasteiger partial charge in [0.05, 0.1) is 24.2 Å². The Morgan fingerprint density at radius 3 is 2.43 bits per heavy atom. The van der Waals surface area contributed by atoms with Crippen molar-refractivity contribution < 1.29 is 17.9 Å². The van der Waals surface area contributed by atoms with Crippen molar-refractivity contribution in [2.45, 2.75) is 40.2 Å². The first-order chi connectivity index (χ1) is 13.2. The molecule has 2 aromatic rings. The van der Waals surface area contributed by atoms with E-state index in [0.29, 0.717) is 30.2 Å². The molecule has 0 heterocycles. The summed E-state index contributed by atoms with van der Waals surface area (Å²) in [4.78, 5) is 13.1. The number of rotatable bonds is 8. The van der Waals surface area contributed by atoms with Crippen molar-refractivity contribution in [1.29, 1.82) is 0 Å². The number of amides is 1. The third-order valence-electron chi connectivity index (χ3n) is 4.38. The van der Waals surface area contributed by atoms with Crippen LogP contribution in [0, 0.1) is 13.8 Å². The van der Waals surface area contributed by atoms with Crippen LogP contribution in [0.15, 0.2) is 42.5 Å². The second-order valence-electron chi connectivity index (χ2n) is 6.69. The van der Waals surface area contributed by atoms with Crippen molar-refractivity contribution in [1.82, 2.24) is 0 Å². The summed E-state index contributed by atoms with van der Waals surface area (Å²) in [5, 5.41) is 2.83. The Morgan fingerprint density at radius 2 is 1.82 bits per heavy atom. The van der Waals surface area contributed by atoms with Crippen LogP contribution in [0.2, 0.25) is 0 Å². The maximum atomic E-state index is 13.1. The lowest BCUT2D eigenvalue weighted by Gasteiger charge is -2.31. The molecule has 28 heavy (non-hydrogen) atoms. The first kappa shape index (κ1) is 21.8. The third kappa shape index (κ3) is 5.04. The average Bonchev–Trinajstić information content (AvgIpc) is 2.62. The van der Waals surface area contributed by atoms with Gasteiger partial charge in [0, 0.05) is 0 Å². The highest BCUT2D eigenvalue weighted by Crippen LogP contribution is 2.29. The van der Waals surface area contributed by atoms with Gasteiger partial charge in [-0.1, -0.05) is 31.2 Å². The number of para-hydroxylation sites is 2. The number of ether oxygens (including phenoxy) is 1. The zero-order valence-corrected chi connectivity index (χ0v) is 17.8. The topological polar surface area (TPSA) is 75.7 Å². The number of anilines is 2. The van der Waals surface area contributed by atoms with E-state index in [0.717, 1.165) is 17.4 Å². The molecule has 0 saturated heterocycles. The third-order valence-corrected chi connectivity index (χ3v) is 5.54. The van der Waals surface area contributed by atoms with Crippen LogP contribution in [0.1, 0.15) is 31.4 Å². The van der Waals surface area contributed by atoms with Gasteiger partial charge in [-0.05, 0) is 56.5 Å². The van der Waals surface area contributed by atoms with Gasteiger partial charge in [0.25, 0.3) is 0 Å². The molecular formula is C21H28N2O4S. The number of hydrogen-bond donors (Lipinski definition) is 1. The summed E-state index contributed by atoms with van der Waals surface area (Å²) in [6, 6.07) is 11.8. The van der Waals surface area contributed by atoms with Crippen LogP contribution in [0.25, 0.3) is 0 Å². The van der Waals surface area contributed by atoms with E-state index in [4.69, 9.17) is 4.74 Å². The fourth-order valence-corrected chi connectivity index (χ4v) is 4.32. The van der Waals surface area contributed by atoms with Gasteiger partial charge in [0.2, 0.25) is 15.9 Å². The van der Waals surface area contributed by atoms with Gasteiger partial charge < -0.3 is 10.1 Å². The molecule has 2 rings (SSSR count). The highest BCUT2D eigenvalue weighted by atomic mass is 32.2. The molecule has 0 aromatic heterocycles. The van der Waals surface area contributed by atoms with Crippen molar-refractivity contribution in [2.24, 2.45) is 0 Å². The van der Waals surface area contributed by atoms with Crippen molar-refractivity contribution in [3.05, 3.63) is 53.6 Å². The number of hydrogen-bond acceptors (Lipinski definition) is 4. The van der Waals surface area contributed by atoms with Crippen LogP contribution < -0.4 is 14.4 Å². The van der Waals surface area contributed by atoms with E-state index in [9.17, 15) is 13.2 Å². The van der Waals surface area contributed by atoms with Crippen LogP contribution in [-0.4, -0.2) is 33.2 Å². The molecule has 0 spiro atoms. The van der Waals surface area contributed by atoms with Crippen molar-refractivity contribution in [2.75, 3.05) is 22.5 Å². The summed E-state index contributed by atoms with van der Waals surface area (Å²) in [6.45, 7) is 7.84. The average molecular weight is 405 g/mol. The molecule has 0 saturated carbocycles. The molecule has 0 aliphatic heterocycles.